The number of rotatable bonds is 5. The number of nitro benzene ring substituents is 2. The van der Waals surface area contributed by atoms with Gasteiger partial charge in [-0.15, -0.1) is 0 Å². The summed E-state index contributed by atoms with van der Waals surface area (Å²) in [7, 11) is 0. The number of carbonyl (C=O) groups is 2. The number of Topliss-reactive ketones (excluding diaryl/α,β-unsaturated/α-hetero) is 2. The van der Waals surface area contributed by atoms with Gasteiger partial charge in [-0.05, 0) is 35.8 Å². The van der Waals surface area contributed by atoms with Crippen molar-refractivity contribution in [2.24, 2.45) is 10.8 Å². The minimum atomic E-state index is -0.740. The van der Waals surface area contributed by atoms with E-state index in [4.69, 9.17) is 4.74 Å². The van der Waals surface area contributed by atoms with Gasteiger partial charge in [-0.1, -0.05) is 45.9 Å². The van der Waals surface area contributed by atoms with Crippen LogP contribution in [-0.2, 0) is 9.59 Å². The van der Waals surface area contributed by atoms with E-state index in [1.165, 1.54) is 6.07 Å². The largest absolute Gasteiger partial charge is 0.450 e. The lowest BCUT2D eigenvalue weighted by Crippen LogP contribution is -2.42. The molecule has 0 saturated carbocycles. The molecule has 2 aromatic rings. The molecule has 0 amide bonds. The van der Waals surface area contributed by atoms with Crippen LogP contribution in [0.25, 0.3) is 0 Å². The van der Waals surface area contributed by atoms with Crippen molar-refractivity contribution in [3.8, 4) is 11.5 Å². The number of nitrogens with zero attached hydrogens (tertiary/aromatic N) is 2. The second-order valence-corrected chi connectivity index (χ2v) is 12.0. The summed E-state index contributed by atoms with van der Waals surface area (Å²) < 4.78 is 6.05. The number of allylic oxidation sites excluding steroid dienone is 4. The summed E-state index contributed by atoms with van der Waals surface area (Å²) in [6.45, 7) is 8.15. The highest BCUT2D eigenvalue weighted by atomic mass is 16.6. The van der Waals surface area contributed by atoms with Crippen molar-refractivity contribution in [3.05, 3.63) is 90.8 Å². The summed E-state index contributed by atoms with van der Waals surface area (Å²) in [5, 5.41) is 26.4. The van der Waals surface area contributed by atoms with Crippen LogP contribution < -0.4 is 10.1 Å². The SMILES string of the molecule is CC1(C)CC(=O)C2=C(C1)NC1=C(C(=O)CC(C)(C)C1)C2c1ccccc1Oc1ccc([N+](=O)[O-])cc1[N+](=O)[O-]. The standard InChI is InChI=1S/C29H29N3O7/c1-28(2)12-18-26(21(33)14-28)25(27-19(30-18)13-29(3,4)15-22(27)34)17-7-5-6-8-23(17)39-24-10-9-16(31(35)36)11-20(24)32(37)38/h5-11,25,30H,12-15H2,1-4H3. The molecule has 2 aromatic carbocycles. The maximum atomic E-state index is 13.6. The summed E-state index contributed by atoms with van der Waals surface area (Å²) in [6, 6.07) is 10.0. The molecule has 0 unspecified atom stereocenters. The van der Waals surface area contributed by atoms with E-state index in [1.54, 1.807) is 24.3 Å². The zero-order chi connectivity index (χ0) is 28.3. The first kappa shape index (κ1) is 26.3. The van der Waals surface area contributed by atoms with Crippen molar-refractivity contribution in [3.63, 3.8) is 0 Å². The molecular formula is C29H29N3O7. The van der Waals surface area contributed by atoms with Crippen LogP contribution in [-0.4, -0.2) is 21.4 Å². The monoisotopic (exact) mass is 531 g/mol. The number of ketones is 2. The molecule has 0 atom stereocenters. The summed E-state index contributed by atoms with van der Waals surface area (Å²) in [5.74, 6) is -0.757. The van der Waals surface area contributed by atoms with Crippen LogP contribution in [0.15, 0.2) is 65.0 Å². The van der Waals surface area contributed by atoms with Crippen LogP contribution in [0.1, 0.15) is 64.9 Å². The number of benzene rings is 2. The van der Waals surface area contributed by atoms with Crippen molar-refractivity contribution >= 4 is 22.9 Å². The van der Waals surface area contributed by atoms with E-state index >= 15 is 0 Å². The van der Waals surface area contributed by atoms with E-state index in [1.807, 2.05) is 27.7 Å². The van der Waals surface area contributed by atoms with Crippen LogP contribution in [0, 0.1) is 31.1 Å². The second kappa shape index (κ2) is 9.14. The Morgan fingerprint density at radius 1 is 0.795 bits per heavy atom. The zero-order valence-corrected chi connectivity index (χ0v) is 22.2. The van der Waals surface area contributed by atoms with Gasteiger partial charge in [-0.2, -0.15) is 0 Å². The Labute approximate surface area is 225 Å². The van der Waals surface area contributed by atoms with Crippen LogP contribution >= 0.6 is 0 Å². The summed E-state index contributed by atoms with van der Waals surface area (Å²) in [4.78, 5) is 48.7. The first-order valence-corrected chi connectivity index (χ1v) is 12.8. The number of ether oxygens (including phenoxy) is 1. The first-order valence-electron chi connectivity index (χ1n) is 12.8. The van der Waals surface area contributed by atoms with E-state index in [2.05, 4.69) is 5.32 Å². The van der Waals surface area contributed by atoms with Crippen LogP contribution in [0.4, 0.5) is 11.4 Å². The highest BCUT2D eigenvalue weighted by molar-refractivity contribution is 6.07. The molecule has 3 aliphatic rings. The molecule has 39 heavy (non-hydrogen) atoms. The molecular weight excluding hydrogens is 502 g/mol. The van der Waals surface area contributed by atoms with Crippen molar-refractivity contribution in [1.82, 2.24) is 5.32 Å². The summed E-state index contributed by atoms with van der Waals surface area (Å²) in [6.07, 6.45) is 1.91. The molecule has 0 radical (unpaired) electrons. The zero-order valence-electron chi connectivity index (χ0n) is 22.2. The number of nitrogens with one attached hydrogen (secondary N) is 1. The van der Waals surface area contributed by atoms with Gasteiger partial charge in [0.25, 0.3) is 5.69 Å². The van der Waals surface area contributed by atoms with Crippen molar-refractivity contribution in [1.29, 1.82) is 0 Å². The number of hydrogen-bond donors (Lipinski definition) is 1. The fourth-order valence-corrected chi connectivity index (χ4v) is 5.98. The van der Waals surface area contributed by atoms with E-state index in [0.717, 1.165) is 23.5 Å². The van der Waals surface area contributed by atoms with Gasteiger partial charge < -0.3 is 10.1 Å². The summed E-state index contributed by atoms with van der Waals surface area (Å²) >= 11 is 0. The number of dihydropyridines is 1. The predicted molar refractivity (Wildman–Crippen MR) is 142 cm³/mol. The predicted octanol–water partition coefficient (Wildman–Crippen LogP) is 6.27. The third-order valence-corrected chi connectivity index (χ3v) is 7.52. The van der Waals surface area contributed by atoms with Gasteiger partial charge >= 0.3 is 5.69 Å². The summed E-state index contributed by atoms with van der Waals surface area (Å²) in [5.41, 5.74) is 1.66. The Bertz CT molecular complexity index is 1460. The molecule has 202 valence electrons. The third-order valence-electron chi connectivity index (χ3n) is 7.52. The molecule has 1 heterocycles. The van der Waals surface area contributed by atoms with Crippen molar-refractivity contribution in [2.45, 2.75) is 59.3 Å². The molecule has 0 spiro atoms. The Balaban J connectivity index is 1.68. The molecule has 0 aromatic heterocycles. The number of nitro groups is 2. The molecule has 1 aliphatic heterocycles. The van der Waals surface area contributed by atoms with Gasteiger partial charge in [-0.25, -0.2) is 0 Å². The minimum absolute atomic E-state index is 0.0564. The second-order valence-electron chi connectivity index (χ2n) is 12.0. The van der Waals surface area contributed by atoms with Crippen molar-refractivity contribution in [2.75, 3.05) is 0 Å². The van der Waals surface area contributed by atoms with Gasteiger partial charge in [0.05, 0.1) is 15.9 Å². The van der Waals surface area contributed by atoms with Gasteiger partial charge in [0.2, 0.25) is 5.75 Å². The van der Waals surface area contributed by atoms with E-state index < -0.39 is 27.1 Å². The Morgan fingerprint density at radius 2 is 1.36 bits per heavy atom. The quantitative estimate of drug-likeness (QED) is 0.351. The highest BCUT2D eigenvalue weighted by Gasteiger charge is 2.47. The molecule has 5 rings (SSSR count). The molecule has 0 bridgehead atoms. The van der Waals surface area contributed by atoms with Crippen molar-refractivity contribution < 1.29 is 24.2 Å². The molecule has 1 N–H and O–H groups in total. The molecule has 10 nitrogen and oxygen atoms in total. The van der Waals surface area contributed by atoms with Crippen LogP contribution in [0.5, 0.6) is 11.5 Å². The van der Waals surface area contributed by atoms with Crippen LogP contribution in [0.3, 0.4) is 0 Å². The Hall–Kier alpha value is -4.34. The van der Waals surface area contributed by atoms with Gasteiger partial charge in [-0.3, -0.25) is 29.8 Å². The fraction of sp³-hybridized carbons (Fsp3) is 0.379. The maximum Gasteiger partial charge on any atom is 0.318 e. The molecule has 2 aliphatic carbocycles. The molecule has 0 saturated heterocycles. The Morgan fingerprint density at radius 3 is 1.90 bits per heavy atom. The fourth-order valence-electron chi connectivity index (χ4n) is 5.98. The third kappa shape index (κ3) is 4.82. The van der Waals surface area contributed by atoms with Crippen LogP contribution in [0.2, 0.25) is 0 Å². The lowest BCUT2D eigenvalue weighted by Gasteiger charge is -2.44. The first-order chi connectivity index (χ1) is 18.3. The molecule has 0 fully saturated rings. The van der Waals surface area contributed by atoms with E-state index in [0.29, 0.717) is 42.4 Å². The Kier molecular flexibility index (Phi) is 6.16. The van der Waals surface area contributed by atoms with Gasteiger partial charge in [0.15, 0.2) is 11.6 Å². The minimum Gasteiger partial charge on any atom is -0.450 e. The van der Waals surface area contributed by atoms with Gasteiger partial charge in [0.1, 0.15) is 5.75 Å². The molecule has 10 heteroatoms. The van der Waals surface area contributed by atoms with E-state index in [9.17, 15) is 29.8 Å². The van der Waals surface area contributed by atoms with Gasteiger partial charge in [0, 0.05) is 52.9 Å². The number of para-hydroxylation sites is 1. The highest BCUT2D eigenvalue weighted by Crippen LogP contribution is 2.52. The number of carbonyl (C=O) groups excluding carboxylic acids is 2. The maximum absolute atomic E-state index is 13.6. The topological polar surface area (TPSA) is 142 Å². The number of hydrogen-bond acceptors (Lipinski definition) is 8. The lowest BCUT2D eigenvalue weighted by molar-refractivity contribution is -0.394. The number of non-ortho nitro benzene ring substituents is 1. The normalized spacial score (nSPS) is 20.2. The smallest absolute Gasteiger partial charge is 0.318 e. The average molecular weight is 532 g/mol. The average Bonchev–Trinajstić information content (AvgIpc) is 2.81. The van der Waals surface area contributed by atoms with E-state index in [-0.39, 0.29) is 33.9 Å². The lowest BCUT2D eigenvalue weighted by atomic mass is 9.64.